The molecule has 0 N–H and O–H groups in total. The summed E-state index contributed by atoms with van der Waals surface area (Å²) in [5.74, 6) is 0. The van der Waals surface area contributed by atoms with E-state index >= 15 is 0 Å². The minimum atomic E-state index is -0.603. The Balaban J connectivity index is 2.47. The fourth-order valence-corrected chi connectivity index (χ4v) is 3.02. The van der Waals surface area contributed by atoms with E-state index in [2.05, 4.69) is 4.99 Å². The van der Waals surface area contributed by atoms with Crippen LogP contribution in [0.2, 0.25) is 5.02 Å². The van der Waals surface area contributed by atoms with Crippen molar-refractivity contribution in [3.63, 3.8) is 0 Å². The van der Waals surface area contributed by atoms with Gasteiger partial charge in [0.1, 0.15) is 5.60 Å². The highest BCUT2D eigenvalue weighted by atomic mass is 35.5. The topological polar surface area (TPSA) is 45.1 Å². The molecule has 0 saturated heterocycles. The predicted octanol–water partition coefficient (Wildman–Crippen LogP) is 6.51. The molecule has 2 aromatic carbocycles. The fourth-order valence-electron chi connectivity index (χ4n) is 2.81. The molecule has 5 nitrogen and oxygen atoms in total. The van der Waals surface area contributed by atoms with Crippen molar-refractivity contribution in [2.75, 3.05) is 18.5 Å². The summed E-state index contributed by atoms with van der Waals surface area (Å²) in [6, 6.07) is 11.7. The van der Waals surface area contributed by atoms with Crippen LogP contribution in [0.4, 0.5) is 16.2 Å². The summed E-state index contributed by atoms with van der Waals surface area (Å²) in [6.07, 6.45) is 1.34. The maximum Gasteiger partial charge on any atom is 0.415 e. The van der Waals surface area contributed by atoms with Gasteiger partial charge in [-0.25, -0.2) is 9.79 Å². The third kappa shape index (κ3) is 6.49. The molecule has 162 valence electrons. The Morgan fingerprint density at radius 1 is 1.17 bits per heavy atom. The third-order valence-corrected chi connectivity index (χ3v) is 4.96. The third-order valence-electron chi connectivity index (χ3n) is 4.65. The molecule has 0 aliphatic rings. The van der Waals surface area contributed by atoms with Gasteiger partial charge < -0.3 is 9.64 Å². The molecule has 0 unspecified atom stereocenters. The number of amides is 1. The van der Waals surface area contributed by atoms with E-state index in [1.54, 1.807) is 17.3 Å². The molecular weight excluding hydrogens is 398 g/mol. The van der Waals surface area contributed by atoms with E-state index in [4.69, 9.17) is 16.3 Å². The molecule has 0 aliphatic carbocycles. The SMILES string of the molecule is CCN(C)C=Nc1cc(C)c(N(Cc2ccccc2C)C(=O)OC(C)(C)C)cc1Cl. The highest BCUT2D eigenvalue weighted by Crippen LogP contribution is 2.34. The van der Waals surface area contributed by atoms with Crippen LogP contribution < -0.4 is 4.90 Å². The number of benzene rings is 2. The normalized spacial score (nSPS) is 11.6. The average molecular weight is 430 g/mol. The minimum absolute atomic E-state index is 0.389. The Kier molecular flexibility index (Phi) is 7.90. The number of rotatable bonds is 6. The van der Waals surface area contributed by atoms with Crippen LogP contribution in [0.1, 0.15) is 44.4 Å². The van der Waals surface area contributed by atoms with Gasteiger partial charge in [-0.15, -0.1) is 0 Å². The summed E-state index contributed by atoms with van der Waals surface area (Å²) in [5, 5.41) is 0.481. The number of aliphatic imine (C=N–C) groups is 1. The van der Waals surface area contributed by atoms with Crippen LogP contribution in [0.25, 0.3) is 0 Å². The quantitative estimate of drug-likeness (QED) is 0.388. The predicted molar refractivity (Wildman–Crippen MR) is 126 cm³/mol. The first-order valence-electron chi connectivity index (χ1n) is 10.1. The van der Waals surface area contributed by atoms with Crippen molar-refractivity contribution in [1.29, 1.82) is 0 Å². The maximum absolute atomic E-state index is 13.1. The number of ether oxygens (including phenoxy) is 1. The first kappa shape index (κ1) is 23.7. The summed E-state index contributed by atoms with van der Waals surface area (Å²) in [6.45, 7) is 12.8. The van der Waals surface area contributed by atoms with Gasteiger partial charge in [-0.05, 0) is 70.4 Å². The number of halogens is 1. The van der Waals surface area contributed by atoms with Crippen LogP contribution in [0, 0.1) is 13.8 Å². The standard InChI is InChI=1S/C24H32ClN3O2/c1-8-27(7)16-26-21-13-18(3)22(14-20(21)25)28(23(29)30-24(4,5)6)15-19-12-10-9-11-17(19)2/h9-14,16H,8,15H2,1-7H3. The van der Waals surface area contributed by atoms with Crippen LogP contribution in [0.15, 0.2) is 41.4 Å². The summed E-state index contributed by atoms with van der Waals surface area (Å²) in [4.78, 5) is 21.2. The highest BCUT2D eigenvalue weighted by molar-refractivity contribution is 6.33. The number of carbonyl (C=O) groups is 1. The first-order chi connectivity index (χ1) is 14.0. The second-order valence-electron chi connectivity index (χ2n) is 8.40. The van der Waals surface area contributed by atoms with Crippen molar-refractivity contribution in [1.82, 2.24) is 4.90 Å². The van der Waals surface area contributed by atoms with E-state index < -0.39 is 11.7 Å². The van der Waals surface area contributed by atoms with E-state index in [-0.39, 0.29) is 0 Å². The summed E-state index contributed by atoms with van der Waals surface area (Å²) in [7, 11) is 1.95. The van der Waals surface area contributed by atoms with Crippen LogP contribution in [-0.2, 0) is 11.3 Å². The van der Waals surface area contributed by atoms with Crippen molar-refractivity contribution < 1.29 is 9.53 Å². The number of anilines is 1. The van der Waals surface area contributed by atoms with Crippen LogP contribution in [0.5, 0.6) is 0 Å². The molecule has 0 atom stereocenters. The van der Waals surface area contributed by atoms with E-state index in [9.17, 15) is 4.79 Å². The lowest BCUT2D eigenvalue weighted by Gasteiger charge is -2.29. The van der Waals surface area contributed by atoms with Crippen molar-refractivity contribution in [2.45, 2.75) is 53.7 Å². The van der Waals surface area contributed by atoms with Gasteiger partial charge >= 0.3 is 6.09 Å². The highest BCUT2D eigenvalue weighted by Gasteiger charge is 2.26. The van der Waals surface area contributed by atoms with Gasteiger partial charge in [-0.1, -0.05) is 35.9 Å². The second kappa shape index (κ2) is 9.98. The molecule has 2 rings (SSSR count). The molecule has 0 radical (unpaired) electrons. The molecular formula is C24H32ClN3O2. The van der Waals surface area contributed by atoms with Gasteiger partial charge in [0.2, 0.25) is 0 Å². The Bertz CT molecular complexity index is 919. The maximum atomic E-state index is 13.1. The molecule has 30 heavy (non-hydrogen) atoms. The summed E-state index contributed by atoms with van der Waals surface area (Å²) in [5.41, 5.74) is 3.82. The van der Waals surface area contributed by atoms with E-state index in [1.807, 2.05) is 83.8 Å². The lowest BCUT2D eigenvalue weighted by Crippen LogP contribution is -2.37. The molecule has 0 saturated carbocycles. The van der Waals surface area contributed by atoms with Gasteiger partial charge in [0, 0.05) is 13.6 Å². The molecule has 0 spiro atoms. The Morgan fingerprint density at radius 3 is 2.43 bits per heavy atom. The first-order valence-corrected chi connectivity index (χ1v) is 10.5. The van der Waals surface area contributed by atoms with E-state index in [0.717, 1.165) is 23.2 Å². The lowest BCUT2D eigenvalue weighted by atomic mass is 10.1. The smallest absolute Gasteiger partial charge is 0.415 e. The molecule has 0 heterocycles. The van der Waals surface area contributed by atoms with Gasteiger partial charge in [-0.2, -0.15) is 0 Å². The zero-order chi connectivity index (χ0) is 22.5. The average Bonchev–Trinajstić information content (AvgIpc) is 2.66. The summed E-state index contributed by atoms with van der Waals surface area (Å²) >= 11 is 6.53. The van der Waals surface area contributed by atoms with Crippen LogP contribution in [0.3, 0.4) is 0 Å². The molecule has 0 aromatic heterocycles. The zero-order valence-electron chi connectivity index (χ0n) is 19.0. The van der Waals surface area contributed by atoms with Gasteiger partial charge in [0.15, 0.2) is 0 Å². The van der Waals surface area contributed by atoms with Crippen molar-refractivity contribution >= 4 is 35.4 Å². The van der Waals surface area contributed by atoms with Gasteiger partial charge in [0.05, 0.1) is 29.3 Å². The van der Waals surface area contributed by atoms with Crippen LogP contribution in [-0.4, -0.2) is 36.5 Å². The number of hydrogen-bond acceptors (Lipinski definition) is 3. The van der Waals surface area contributed by atoms with Gasteiger partial charge in [0.25, 0.3) is 0 Å². The largest absolute Gasteiger partial charge is 0.443 e. The monoisotopic (exact) mass is 429 g/mol. The zero-order valence-corrected chi connectivity index (χ0v) is 19.7. The van der Waals surface area contributed by atoms with Crippen molar-refractivity contribution in [3.05, 3.63) is 58.1 Å². The Morgan fingerprint density at radius 2 is 1.83 bits per heavy atom. The molecule has 0 aliphatic heterocycles. The van der Waals surface area contributed by atoms with E-state index in [1.165, 1.54) is 0 Å². The fraction of sp³-hybridized carbons (Fsp3) is 0.417. The minimum Gasteiger partial charge on any atom is -0.443 e. The molecule has 0 fully saturated rings. The van der Waals surface area contributed by atoms with Crippen LogP contribution >= 0.6 is 11.6 Å². The van der Waals surface area contributed by atoms with E-state index in [0.29, 0.717) is 22.9 Å². The number of nitrogens with zero attached hydrogens (tertiary/aromatic N) is 3. The lowest BCUT2D eigenvalue weighted by molar-refractivity contribution is 0.0577. The Labute approximate surface area is 185 Å². The summed E-state index contributed by atoms with van der Waals surface area (Å²) < 4.78 is 5.69. The molecule has 0 bridgehead atoms. The van der Waals surface area contributed by atoms with Crippen molar-refractivity contribution in [2.24, 2.45) is 4.99 Å². The second-order valence-corrected chi connectivity index (χ2v) is 8.81. The van der Waals surface area contributed by atoms with Crippen molar-refractivity contribution in [3.8, 4) is 0 Å². The number of hydrogen-bond donors (Lipinski definition) is 0. The number of carbonyl (C=O) groups excluding carboxylic acids is 1. The number of aryl methyl sites for hydroxylation is 2. The molecule has 6 heteroatoms. The molecule has 1 amide bonds. The Hall–Kier alpha value is -2.53. The molecule has 2 aromatic rings. The van der Waals surface area contributed by atoms with Gasteiger partial charge in [-0.3, -0.25) is 4.90 Å².